The van der Waals surface area contributed by atoms with E-state index < -0.39 is 0 Å². The topological polar surface area (TPSA) is 24.9 Å². The first kappa shape index (κ1) is 7.54. The van der Waals surface area contributed by atoms with Crippen molar-refractivity contribution in [2.45, 2.75) is 20.3 Å². The van der Waals surface area contributed by atoms with Gasteiger partial charge in [-0.1, -0.05) is 6.92 Å². The van der Waals surface area contributed by atoms with Crippen LogP contribution in [0.5, 0.6) is 0 Å². The summed E-state index contributed by atoms with van der Waals surface area (Å²) in [5, 5.41) is 3.14. The van der Waals surface area contributed by atoms with Crippen LogP contribution in [0, 0.1) is 6.92 Å². The highest BCUT2D eigenvalue weighted by Gasteiger charge is 2.05. The zero-order valence-electron chi connectivity index (χ0n) is 6.56. The highest BCUT2D eigenvalue weighted by molar-refractivity contribution is 7.06. The third kappa shape index (κ3) is 1.14. The molecule has 3 heteroatoms. The van der Waals surface area contributed by atoms with Gasteiger partial charge in [-0.15, -0.1) is 0 Å². The molecule has 10 heavy (non-hydrogen) atoms. The molecule has 1 aromatic heterocycles. The van der Waals surface area contributed by atoms with E-state index in [1.165, 1.54) is 10.6 Å². The smallest absolute Gasteiger partial charge is 0.0745 e. The second-order valence-electron chi connectivity index (χ2n) is 2.17. The molecule has 0 bridgehead atoms. The third-order valence-electron chi connectivity index (χ3n) is 1.50. The number of aryl methyl sites for hydroxylation is 2. The molecule has 0 amide bonds. The Morgan fingerprint density at radius 3 is 2.70 bits per heavy atom. The van der Waals surface area contributed by atoms with Crippen LogP contribution in [0.3, 0.4) is 0 Å². The summed E-state index contributed by atoms with van der Waals surface area (Å²) in [7, 11) is 1.94. The van der Waals surface area contributed by atoms with Crippen molar-refractivity contribution >= 4 is 17.2 Å². The van der Waals surface area contributed by atoms with Crippen molar-refractivity contribution in [1.82, 2.24) is 4.37 Å². The second-order valence-corrected chi connectivity index (χ2v) is 3.03. The van der Waals surface area contributed by atoms with Crippen molar-refractivity contribution in [3.63, 3.8) is 0 Å². The Hall–Kier alpha value is -0.570. The summed E-state index contributed by atoms with van der Waals surface area (Å²) < 4.78 is 4.24. The van der Waals surface area contributed by atoms with Crippen LogP contribution in [-0.4, -0.2) is 11.4 Å². The van der Waals surface area contributed by atoms with E-state index in [4.69, 9.17) is 0 Å². The first-order valence-corrected chi connectivity index (χ1v) is 4.19. The molecule has 0 aliphatic carbocycles. The van der Waals surface area contributed by atoms with Gasteiger partial charge in [0, 0.05) is 11.9 Å². The highest BCUT2D eigenvalue weighted by Crippen LogP contribution is 2.23. The maximum absolute atomic E-state index is 4.24. The Morgan fingerprint density at radius 2 is 2.30 bits per heavy atom. The first-order valence-electron chi connectivity index (χ1n) is 3.42. The average Bonchev–Trinajstić information content (AvgIpc) is 2.30. The fourth-order valence-corrected chi connectivity index (χ4v) is 1.79. The summed E-state index contributed by atoms with van der Waals surface area (Å²) in [6.07, 6.45) is 1.07. The summed E-state index contributed by atoms with van der Waals surface area (Å²) in [5.74, 6) is 0. The van der Waals surface area contributed by atoms with Crippen molar-refractivity contribution in [3.05, 3.63) is 10.6 Å². The zero-order valence-corrected chi connectivity index (χ0v) is 7.38. The first-order chi connectivity index (χ1) is 4.79. The van der Waals surface area contributed by atoms with Crippen molar-refractivity contribution in [1.29, 1.82) is 0 Å². The minimum atomic E-state index is 1.07. The van der Waals surface area contributed by atoms with Crippen LogP contribution in [-0.2, 0) is 6.42 Å². The minimum Gasteiger partial charge on any atom is -0.386 e. The normalized spacial score (nSPS) is 9.90. The molecule has 0 spiro atoms. The van der Waals surface area contributed by atoms with Gasteiger partial charge in [0.15, 0.2) is 0 Å². The Morgan fingerprint density at radius 1 is 1.60 bits per heavy atom. The van der Waals surface area contributed by atoms with E-state index in [0.29, 0.717) is 0 Å². The Balaban J connectivity index is 3.01. The lowest BCUT2D eigenvalue weighted by atomic mass is 10.3. The fraction of sp³-hybridized carbons (Fsp3) is 0.571. The summed E-state index contributed by atoms with van der Waals surface area (Å²) in [6.45, 7) is 4.18. The van der Waals surface area contributed by atoms with Crippen LogP contribution < -0.4 is 5.32 Å². The van der Waals surface area contributed by atoms with E-state index in [9.17, 15) is 0 Å². The van der Waals surface area contributed by atoms with Gasteiger partial charge in [-0.3, -0.25) is 0 Å². The predicted octanol–water partition coefficient (Wildman–Crippen LogP) is 2.06. The molecule has 56 valence electrons. The van der Waals surface area contributed by atoms with Crippen molar-refractivity contribution in [2.75, 3.05) is 12.4 Å². The van der Waals surface area contributed by atoms with Crippen molar-refractivity contribution in [2.24, 2.45) is 0 Å². The van der Waals surface area contributed by atoms with Gasteiger partial charge in [-0.2, -0.15) is 4.37 Å². The van der Waals surface area contributed by atoms with Gasteiger partial charge in [0.1, 0.15) is 0 Å². The summed E-state index contributed by atoms with van der Waals surface area (Å²) in [5.41, 5.74) is 2.33. The lowest BCUT2D eigenvalue weighted by Gasteiger charge is -1.98. The Bertz CT molecular complexity index is 217. The molecular weight excluding hydrogens is 144 g/mol. The van der Waals surface area contributed by atoms with Crippen LogP contribution in [0.2, 0.25) is 0 Å². The van der Waals surface area contributed by atoms with Gasteiger partial charge in [0.25, 0.3) is 0 Å². The highest BCUT2D eigenvalue weighted by atomic mass is 32.1. The molecule has 0 atom stereocenters. The van der Waals surface area contributed by atoms with Crippen LogP contribution in [0.15, 0.2) is 0 Å². The maximum atomic E-state index is 4.24. The molecule has 0 saturated heterocycles. The maximum Gasteiger partial charge on any atom is 0.0745 e. The van der Waals surface area contributed by atoms with Crippen LogP contribution in [0.25, 0.3) is 0 Å². The number of anilines is 1. The Labute approximate surface area is 65.4 Å². The number of hydrogen-bond donors (Lipinski definition) is 1. The van der Waals surface area contributed by atoms with Crippen LogP contribution >= 0.6 is 11.5 Å². The monoisotopic (exact) mass is 156 g/mol. The number of nitrogens with one attached hydrogen (secondary N) is 1. The van der Waals surface area contributed by atoms with Crippen LogP contribution in [0.4, 0.5) is 5.69 Å². The van der Waals surface area contributed by atoms with Gasteiger partial charge < -0.3 is 5.32 Å². The quantitative estimate of drug-likeness (QED) is 0.709. The molecule has 2 nitrogen and oxygen atoms in total. The van der Waals surface area contributed by atoms with Crippen molar-refractivity contribution < 1.29 is 0 Å². The van der Waals surface area contributed by atoms with Gasteiger partial charge in [-0.25, -0.2) is 0 Å². The number of rotatable bonds is 2. The minimum absolute atomic E-state index is 1.07. The number of hydrogen-bond acceptors (Lipinski definition) is 3. The molecule has 0 fully saturated rings. The molecule has 0 aromatic carbocycles. The lowest BCUT2D eigenvalue weighted by molar-refractivity contribution is 1.17. The van der Waals surface area contributed by atoms with E-state index in [1.54, 1.807) is 11.5 Å². The summed E-state index contributed by atoms with van der Waals surface area (Å²) in [4.78, 5) is 1.35. The number of nitrogens with zero attached hydrogens (tertiary/aromatic N) is 1. The second kappa shape index (κ2) is 3.01. The molecule has 0 unspecified atom stereocenters. The largest absolute Gasteiger partial charge is 0.386 e. The lowest BCUT2D eigenvalue weighted by Crippen LogP contribution is -1.91. The van der Waals surface area contributed by atoms with Crippen LogP contribution in [0.1, 0.15) is 17.5 Å². The molecular formula is C7H12N2S. The fourth-order valence-electron chi connectivity index (χ4n) is 0.978. The van der Waals surface area contributed by atoms with Crippen molar-refractivity contribution in [3.8, 4) is 0 Å². The Kier molecular flexibility index (Phi) is 2.27. The predicted molar refractivity (Wildman–Crippen MR) is 45.8 cm³/mol. The van der Waals surface area contributed by atoms with E-state index in [2.05, 4.69) is 16.6 Å². The molecule has 0 saturated carbocycles. The number of aromatic nitrogens is 1. The van der Waals surface area contributed by atoms with E-state index in [-0.39, 0.29) is 0 Å². The van der Waals surface area contributed by atoms with Gasteiger partial charge >= 0.3 is 0 Å². The van der Waals surface area contributed by atoms with Gasteiger partial charge in [-0.05, 0) is 24.9 Å². The van der Waals surface area contributed by atoms with E-state index in [1.807, 2.05) is 14.0 Å². The third-order valence-corrected chi connectivity index (χ3v) is 2.58. The molecule has 0 radical (unpaired) electrons. The van der Waals surface area contributed by atoms with Gasteiger partial charge in [0.05, 0.1) is 11.4 Å². The van der Waals surface area contributed by atoms with E-state index >= 15 is 0 Å². The molecule has 1 heterocycles. The zero-order chi connectivity index (χ0) is 7.56. The van der Waals surface area contributed by atoms with Gasteiger partial charge in [0.2, 0.25) is 0 Å². The molecule has 0 aliphatic rings. The molecule has 1 aromatic rings. The molecule has 1 N–H and O–H groups in total. The summed E-state index contributed by atoms with van der Waals surface area (Å²) in [6, 6.07) is 0. The SMILES string of the molecule is CCc1snc(C)c1NC. The molecule has 1 rings (SSSR count). The average molecular weight is 156 g/mol. The molecule has 0 aliphatic heterocycles. The summed E-state index contributed by atoms with van der Waals surface area (Å²) >= 11 is 1.59. The standard InChI is InChI=1S/C7H12N2S/c1-4-6-7(8-3)5(2)9-10-6/h8H,4H2,1-3H3. The van der Waals surface area contributed by atoms with E-state index in [0.717, 1.165) is 12.1 Å².